The SMILES string of the molecule is CC(CC(O)c1ccc(F)cc1)NC(=O)CCc1nc(C(C)C)no1. The minimum atomic E-state index is -0.763. The van der Waals surface area contributed by atoms with Crippen molar-refractivity contribution < 1.29 is 18.8 Å². The third kappa shape index (κ3) is 5.94. The number of aryl methyl sites for hydroxylation is 1. The monoisotopic (exact) mass is 349 g/mol. The number of carbonyl (C=O) groups is 1. The smallest absolute Gasteiger partial charge is 0.227 e. The number of hydrogen-bond donors (Lipinski definition) is 2. The lowest BCUT2D eigenvalue weighted by Crippen LogP contribution is -2.33. The van der Waals surface area contributed by atoms with Gasteiger partial charge in [0, 0.05) is 24.8 Å². The first kappa shape index (κ1) is 19.1. The zero-order valence-corrected chi connectivity index (χ0v) is 14.7. The van der Waals surface area contributed by atoms with Gasteiger partial charge in [-0.15, -0.1) is 0 Å². The summed E-state index contributed by atoms with van der Waals surface area (Å²) in [5.41, 5.74) is 0.620. The molecular weight excluding hydrogens is 325 g/mol. The van der Waals surface area contributed by atoms with Crippen molar-refractivity contribution in [3.8, 4) is 0 Å². The molecule has 0 aliphatic carbocycles. The molecule has 7 heteroatoms. The Morgan fingerprint density at radius 1 is 1.28 bits per heavy atom. The molecule has 0 radical (unpaired) electrons. The molecule has 1 heterocycles. The van der Waals surface area contributed by atoms with Crippen molar-refractivity contribution in [1.82, 2.24) is 15.5 Å². The molecule has 0 aliphatic rings. The van der Waals surface area contributed by atoms with Gasteiger partial charge >= 0.3 is 0 Å². The lowest BCUT2D eigenvalue weighted by Gasteiger charge is -2.18. The van der Waals surface area contributed by atoms with Crippen LogP contribution in [-0.4, -0.2) is 27.2 Å². The Kier molecular flexibility index (Phi) is 6.64. The van der Waals surface area contributed by atoms with E-state index in [1.54, 1.807) is 0 Å². The van der Waals surface area contributed by atoms with Crippen LogP contribution in [0.3, 0.4) is 0 Å². The zero-order valence-electron chi connectivity index (χ0n) is 14.7. The van der Waals surface area contributed by atoms with Gasteiger partial charge in [-0.25, -0.2) is 4.39 Å². The van der Waals surface area contributed by atoms with Gasteiger partial charge in [-0.2, -0.15) is 4.98 Å². The molecule has 0 bridgehead atoms. The number of amides is 1. The molecule has 2 atom stereocenters. The number of rotatable bonds is 8. The average molecular weight is 349 g/mol. The number of hydrogen-bond acceptors (Lipinski definition) is 5. The maximum Gasteiger partial charge on any atom is 0.227 e. The maximum absolute atomic E-state index is 12.9. The van der Waals surface area contributed by atoms with E-state index in [1.807, 2.05) is 20.8 Å². The van der Waals surface area contributed by atoms with Crippen LogP contribution in [0, 0.1) is 5.82 Å². The summed E-state index contributed by atoms with van der Waals surface area (Å²) in [6.45, 7) is 5.75. The van der Waals surface area contributed by atoms with Crippen molar-refractivity contribution in [3.63, 3.8) is 0 Å². The van der Waals surface area contributed by atoms with E-state index in [2.05, 4.69) is 15.5 Å². The predicted molar refractivity (Wildman–Crippen MR) is 90.3 cm³/mol. The Hall–Kier alpha value is -2.28. The number of aromatic nitrogens is 2. The van der Waals surface area contributed by atoms with E-state index in [9.17, 15) is 14.3 Å². The van der Waals surface area contributed by atoms with Crippen molar-refractivity contribution >= 4 is 5.91 Å². The van der Waals surface area contributed by atoms with Crippen LogP contribution >= 0.6 is 0 Å². The first-order chi connectivity index (χ1) is 11.8. The molecule has 2 unspecified atom stereocenters. The lowest BCUT2D eigenvalue weighted by atomic mass is 10.0. The molecule has 2 N–H and O–H groups in total. The fourth-order valence-corrected chi connectivity index (χ4v) is 2.39. The number of benzene rings is 1. The van der Waals surface area contributed by atoms with Crippen LogP contribution in [0.15, 0.2) is 28.8 Å². The summed E-state index contributed by atoms with van der Waals surface area (Å²) in [5.74, 6) is 0.755. The van der Waals surface area contributed by atoms with E-state index in [0.29, 0.717) is 30.1 Å². The number of aliphatic hydroxyl groups excluding tert-OH is 1. The Labute approximate surface area is 146 Å². The van der Waals surface area contributed by atoms with Gasteiger partial charge in [0.05, 0.1) is 6.10 Å². The van der Waals surface area contributed by atoms with Crippen molar-refractivity contribution in [3.05, 3.63) is 47.4 Å². The fourth-order valence-electron chi connectivity index (χ4n) is 2.39. The van der Waals surface area contributed by atoms with Crippen LogP contribution in [0.2, 0.25) is 0 Å². The van der Waals surface area contributed by atoms with Crippen LogP contribution in [0.1, 0.15) is 62.9 Å². The van der Waals surface area contributed by atoms with E-state index in [0.717, 1.165) is 0 Å². The quantitative estimate of drug-likeness (QED) is 0.765. The number of carbonyl (C=O) groups excluding carboxylic acids is 1. The van der Waals surface area contributed by atoms with Gasteiger partial charge in [-0.05, 0) is 31.0 Å². The van der Waals surface area contributed by atoms with Crippen LogP contribution in [-0.2, 0) is 11.2 Å². The molecule has 1 amide bonds. The first-order valence-corrected chi connectivity index (χ1v) is 8.40. The van der Waals surface area contributed by atoms with Gasteiger partial charge in [0.25, 0.3) is 0 Å². The summed E-state index contributed by atoms with van der Waals surface area (Å²) < 4.78 is 18.0. The molecule has 1 aromatic heterocycles. The molecule has 0 saturated carbocycles. The molecular formula is C18H24FN3O3. The largest absolute Gasteiger partial charge is 0.388 e. The summed E-state index contributed by atoms with van der Waals surface area (Å²) in [6, 6.07) is 5.46. The molecule has 6 nitrogen and oxygen atoms in total. The predicted octanol–water partition coefficient (Wildman–Crippen LogP) is 2.89. The Morgan fingerprint density at radius 2 is 1.96 bits per heavy atom. The minimum Gasteiger partial charge on any atom is -0.388 e. The third-order valence-corrected chi connectivity index (χ3v) is 3.81. The van der Waals surface area contributed by atoms with Crippen LogP contribution < -0.4 is 5.32 Å². The highest BCUT2D eigenvalue weighted by atomic mass is 19.1. The number of nitrogens with one attached hydrogen (secondary N) is 1. The van der Waals surface area contributed by atoms with Crippen LogP contribution in [0.4, 0.5) is 4.39 Å². The number of nitrogens with zero attached hydrogens (tertiary/aromatic N) is 2. The highest BCUT2D eigenvalue weighted by Gasteiger charge is 2.16. The van der Waals surface area contributed by atoms with Crippen molar-refractivity contribution in [1.29, 1.82) is 0 Å². The average Bonchev–Trinajstić information content (AvgIpc) is 3.02. The first-order valence-electron chi connectivity index (χ1n) is 8.40. The molecule has 1 aromatic carbocycles. The second-order valence-corrected chi connectivity index (χ2v) is 6.47. The maximum atomic E-state index is 12.9. The topological polar surface area (TPSA) is 88.2 Å². The van der Waals surface area contributed by atoms with Crippen molar-refractivity contribution in [2.45, 2.75) is 58.1 Å². The van der Waals surface area contributed by atoms with Crippen molar-refractivity contribution in [2.24, 2.45) is 0 Å². The van der Waals surface area contributed by atoms with E-state index in [-0.39, 0.29) is 30.1 Å². The molecule has 0 fully saturated rings. The van der Waals surface area contributed by atoms with E-state index in [1.165, 1.54) is 24.3 Å². The zero-order chi connectivity index (χ0) is 18.4. The van der Waals surface area contributed by atoms with Gasteiger partial charge in [0.15, 0.2) is 5.82 Å². The minimum absolute atomic E-state index is 0.150. The normalized spacial score (nSPS) is 13.7. The van der Waals surface area contributed by atoms with Gasteiger partial charge in [0.2, 0.25) is 11.8 Å². The summed E-state index contributed by atoms with van der Waals surface area (Å²) in [6.07, 6.45) is 0.186. The summed E-state index contributed by atoms with van der Waals surface area (Å²) in [7, 11) is 0. The molecule has 0 aliphatic heterocycles. The molecule has 0 spiro atoms. The molecule has 136 valence electrons. The van der Waals surface area contributed by atoms with Gasteiger partial charge < -0.3 is 14.9 Å². The number of aliphatic hydroxyl groups is 1. The van der Waals surface area contributed by atoms with Gasteiger partial charge in [-0.1, -0.05) is 31.1 Å². The summed E-state index contributed by atoms with van der Waals surface area (Å²) >= 11 is 0. The second kappa shape index (κ2) is 8.71. The second-order valence-electron chi connectivity index (χ2n) is 6.47. The number of halogens is 1. The van der Waals surface area contributed by atoms with Crippen LogP contribution in [0.25, 0.3) is 0 Å². The molecule has 0 saturated heterocycles. The highest BCUT2D eigenvalue weighted by Crippen LogP contribution is 2.18. The molecule has 25 heavy (non-hydrogen) atoms. The van der Waals surface area contributed by atoms with E-state index < -0.39 is 6.10 Å². The van der Waals surface area contributed by atoms with E-state index >= 15 is 0 Å². The van der Waals surface area contributed by atoms with Gasteiger partial charge in [0.1, 0.15) is 5.82 Å². The van der Waals surface area contributed by atoms with Gasteiger partial charge in [-0.3, -0.25) is 4.79 Å². The Balaban J connectivity index is 1.76. The Morgan fingerprint density at radius 3 is 2.56 bits per heavy atom. The van der Waals surface area contributed by atoms with E-state index in [4.69, 9.17) is 4.52 Å². The Bertz CT molecular complexity index is 685. The fraction of sp³-hybridized carbons (Fsp3) is 0.500. The molecule has 2 rings (SSSR count). The van der Waals surface area contributed by atoms with Crippen LogP contribution in [0.5, 0.6) is 0 Å². The highest BCUT2D eigenvalue weighted by molar-refractivity contribution is 5.76. The summed E-state index contributed by atoms with van der Waals surface area (Å²) in [4.78, 5) is 16.2. The van der Waals surface area contributed by atoms with Crippen molar-refractivity contribution in [2.75, 3.05) is 0 Å². The standard InChI is InChI=1S/C18H24FN3O3/c1-11(2)18-21-17(25-22-18)9-8-16(24)20-12(3)10-15(23)13-4-6-14(19)7-5-13/h4-7,11-12,15,23H,8-10H2,1-3H3,(H,20,24). The molecule has 2 aromatic rings. The lowest BCUT2D eigenvalue weighted by molar-refractivity contribution is -0.121. The third-order valence-electron chi connectivity index (χ3n) is 3.81. The summed E-state index contributed by atoms with van der Waals surface area (Å²) in [5, 5.41) is 16.8.